The molecule has 0 aliphatic heterocycles. The Morgan fingerprint density at radius 2 is 1.95 bits per heavy atom. The molecule has 0 heterocycles. The van der Waals surface area contributed by atoms with E-state index < -0.39 is 16.6 Å². The minimum atomic E-state index is -0.692. The van der Waals surface area contributed by atoms with Gasteiger partial charge >= 0.3 is 0 Å². The molecule has 2 aromatic rings. The zero-order chi connectivity index (χ0) is 16.1. The summed E-state index contributed by atoms with van der Waals surface area (Å²) < 4.78 is 13.4. The van der Waals surface area contributed by atoms with E-state index in [4.69, 9.17) is 0 Å². The molecule has 0 unspecified atom stereocenters. The van der Waals surface area contributed by atoms with Gasteiger partial charge in [0.25, 0.3) is 11.6 Å². The van der Waals surface area contributed by atoms with Gasteiger partial charge < -0.3 is 0 Å². The summed E-state index contributed by atoms with van der Waals surface area (Å²) in [4.78, 5) is 22.0. The van der Waals surface area contributed by atoms with E-state index in [0.29, 0.717) is 11.3 Å². The van der Waals surface area contributed by atoms with Crippen LogP contribution in [0, 0.1) is 15.9 Å². The van der Waals surface area contributed by atoms with Crippen molar-refractivity contribution < 1.29 is 14.1 Å². The first-order chi connectivity index (χ1) is 10.5. The SMILES string of the molecule is CC(=NNC(=O)c1ccccc1F)c1cccc([N+](=O)[O-])c1. The molecule has 2 aromatic carbocycles. The van der Waals surface area contributed by atoms with Crippen LogP contribution in [0.3, 0.4) is 0 Å². The smallest absolute Gasteiger partial charge is 0.267 e. The van der Waals surface area contributed by atoms with Crippen molar-refractivity contribution >= 4 is 17.3 Å². The van der Waals surface area contributed by atoms with Crippen LogP contribution in [-0.2, 0) is 0 Å². The topological polar surface area (TPSA) is 84.6 Å². The van der Waals surface area contributed by atoms with E-state index in [-0.39, 0.29) is 11.3 Å². The fourth-order valence-corrected chi connectivity index (χ4v) is 1.75. The summed E-state index contributed by atoms with van der Waals surface area (Å²) in [5.41, 5.74) is 2.88. The van der Waals surface area contributed by atoms with Gasteiger partial charge in [-0.2, -0.15) is 5.10 Å². The highest BCUT2D eigenvalue weighted by atomic mass is 19.1. The van der Waals surface area contributed by atoms with Gasteiger partial charge in [-0.05, 0) is 19.1 Å². The highest BCUT2D eigenvalue weighted by Gasteiger charge is 2.11. The molecule has 0 aliphatic carbocycles. The second-order valence-electron chi connectivity index (χ2n) is 4.43. The van der Waals surface area contributed by atoms with E-state index in [1.165, 1.54) is 42.5 Å². The molecule has 112 valence electrons. The quantitative estimate of drug-likeness (QED) is 0.535. The number of nitrogens with zero attached hydrogens (tertiary/aromatic N) is 2. The first-order valence-corrected chi connectivity index (χ1v) is 6.33. The Balaban J connectivity index is 2.16. The number of benzene rings is 2. The Labute approximate surface area is 125 Å². The number of hydrazone groups is 1. The van der Waals surface area contributed by atoms with Crippen molar-refractivity contribution in [1.29, 1.82) is 0 Å². The van der Waals surface area contributed by atoms with E-state index in [9.17, 15) is 19.3 Å². The van der Waals surface area contributed by atoms with E-state index in [2.05, 4.69) is 10.5 Å². The maximum Gasteiger partial charge on any atom is 0.274 e. The zero-order valence-electron chi connectivity index (χ0n) is 11.6. The monoisotopic (exact) mass is 301 g/mol. The van der Waals surface area contributed by atoms with Gasteiger partial charge in [-0.25, -0.2) is 9.82 Å². The second-order valence-corrected chi connectivity index (χ2v) is 4.43. The van der Waals surface area contributed by atoms with Crippen LogP contribution in [-0.4, -0.2) is 16.5 Å². The van der Waals surface area contributed by atoms with Crippen molar-refractivity contribution in [2.75, 3.05) is 0 Å². The number of nitro benzene ring substituents is 1. The second kappa shape index (κ2) is 6.57. The Morgan fingerprint density at radius 1 is 1.23 bits per heavy atom. The zero-order valence-corrected chi connectivity index (χ0v) is 11.6. The van der Waals surface area contributed by atoms with Crippen LogP contribution in [0.4, 0.5) is 10.1 Å². The number of hydrogen-bond acceptors (Lipinski definition) is 4. The number of carbonyl (C=O) groups excluding carboxylic acids is 1. The van der Waals surface area contributed by atoms with E-state index in [1.54, 1.807) is 13.0 Å². The van der Waals surface area contributed by atoms with Crippen molar-refractivity contribution in [3.63, 3.8) is 0 Å². The van der Waals surface area contributed by atoms with Crippen LogP contribution in [0.25, 0.3) is 0 Å². The van der Waals surface area contributed by atoms with Gasteiger partial charge in [0, 0.05) is 17.7 Å². The summed E-state index contributed by atoms with van der Waals surface area (Å²) in [6.45, 7) is 1.58. The maximum atomic E-state index is 13.4. The lowest BCUT2D eigenvalue weighted by Crippen LogP contribution is -2.20. The lowest BCUT2D eigenvalue weighted by atomic mass is 10.1. The summed E-state index contributed by atoms with van der Waals surface area (Å²) in [6, 6.07) is 11.4. The molecule has 6 nitrogen and oxygen atoms in total. The third kappa shape index (κ3) is 3.51. The molecule has 0 saturated heterocycles. The van der Waals surface area contributed by atoms with Gasteiger partial charge in [-0.15, -0.1) is 0 Å². The van der Waals surface area contributed by atoms with E-state index >= 15 is 0 Å². The fraction of sp³-hybridized carbons (Fsp3) is 0.0667. The molecular weight excluding hydrogens is 289 g/mol. The molecule has 0 radical (unpaired) electrons. The highest BCUT2D eigenvalue weighted by Crippen LogP contribution is 2.13. The predicted octanol–water partition coefficient (Wildman–Crippen LogP) is 2.89. The number of amides is 1. The first-order valence-electron chi connectivity index (χ1n) is 6.33. The minimum Gasteiger partial charge on any atom is -0.267 e. The van der Waals surface area contributed by atoms with Gasteiger partial charge in [0.05, 0.1) is 16.2 Å². The van der Waals surface area contributed by atoms with E-state index in [0.717, 1.165) is 0 Å². The number of nitro groups is 1. The summed E-state index contributed by atoms with van der Waals surface area (Å²) in [6.07, 6.45) is 0. The first kappa shape index (κ1) is 15.3. The van der Waals surface area contributed by atoms with Gasteiger partial charge in [-0.1, -0.05) is 24.3 Å². The number of carbonyl (C=O) groups is 1. The third-order valence-electron chi connectivity index (χ3n) is 2.92. The summed E-state index contributed by atoms with van der Waals surface area (Å²) in [7, 11) is 0. The average molecular weight is 301 g/mol. The Morgan fingerprint density at radius 3 is 2.64 bits per heavy atom. The van der Waals surface area contributed by atoms with Crippen molar-refractivity contribution in [1.82, 2.24) is 5.43 Å². The molecule has 0 aromatic heterocycles. The Hall–Kier alpha value is -3.09. The summed E-state index contributed by atoms with van der Waals surface area (Å²) >= 11 is 0. The molecular formula is C15H12FN3O3. The maximum absolute atomic E-state index is 13.4. The summed E-state index contributed by atoms with van der Waals surface area (Å²) in [5.74, 6) is -1.34. The average Bonchev–Trinajstić information content (AvgIpc) is 2.52. The van der Waals surface area contributed by atoms with Crippen LogP contribution in [0.2, 0.25) is 0 Å². The molecule has 0 saturated carbocycles. The van der Waals surface area contributed by atoms with Gasteiger partial charge in [0.1, 0.15) is 5.82 Å². The number of nitrogens with one attached hydrogen (secondary N) is 1. The number of halogens is 1. The molecule has 0 bridgehead atoms. The molecule has 2 rings (SSSR count). The van der Waals surface area contributed by atoms with Gasteiger partial charge in [0.15, 0.2) is 0 Å². The minimum absolute atomic E-state index is 0.0764. The molecule has 0 fully saturated rings. The summed E-state index contributed by atoms with van der Waals surface area (Å²) in [5, 5.41) is 14.6. The predicted molar refractivity (Wildman–Crippen MR) is 79.2 cm³/mol. The standard InChI is InChI=1S/C15H12FN3O3/c1-10(11-5-4-6-12(9-11)19(21)22)17-18-15(20)13-7-2-3-8-14(13)16/h2-9H,1H3,(H,18,20). The van der Waals surface area contributed by atoms with Crippen LogP contribution < -0.4 is 5.43 Å². The number of rotatable bonds is 4. The third-order valence-corrected chi connectivity index (χ3v) is 2.92. The number of hydrogen-bond donors (Lipinski definition) is 1. The van der Waals surface area contributed by atoms with Crippen LogP contribution in [0.1, 0.15) is 22.8 Å². The molecule has 0 spiro atoms. The van der Waals surface area contributed by atoms with Crippen molar-refractivity contribution in [3.05, 3.63) is 75.6 Å². The molecule has 1 N–H and O–H groups in total. The molecule has 1 amide bonds. The molecule has 0 aliphatic rings. The highest BCUT2D eigenvalue weighted by molar-refractivity contribution is 6.01. The van der Waals surface area contributed by atoms with Gasteiger partial charge in [-0.3, -0.25) is 14.9 Å². The Bertz CT molecular complexity index is 759. The van der Waals surface area contributed by atoms with Crippen molar-refractivity contribution in [2.24, 2.45) is 5.10 Å². The molecule has 0 atom stereocenters. The van der Waals surface area contributed by atoms with Gasteiger partial charge in [0.2, 0.25) is 0 Å². The van der Waals surface area contributed by atoms with Crippen LogP contribution in [0.15, 0.2) is 53.6 Å². The van der Waals surface area contributed by atoms with E-state index in [1.807, 2.05) is 0 Å². The van der Waals surface area contributed by atoms with Crippen LogP contribution in [0.5, 0.6) is 0 Å². The number of non-ortho nitro benzene ring substituents is 1. The largest absolute Gasteiger partial charge is 0.274 e. The van der Waals surface area contributed by atoms with Crippen LogP contribution >= 0.6 is 0 Å². The molecule has 7 heteroatoms. The lowest BCUT2D eigenvalue weighted by molar-refractivity contribution is -0.384. The lowest BCUT2D eigenvalue weighted by Gasteiger charge is -2.04. The fourth-order valence-electron chi connectivity index (χ4n) is 1.75. The normalized spacial score (nSPS) is 11.1. The molecule has 22 heavy (non-hydrogen) atoms. The van der Waals surface area contributed by atoms with Crippen molar-refractivity contribution in [2.45, 2.75) is 6.92 Å². The Kier molecular flexibility index (Phi) is 4.57. The van der Waals surface area contributed by atoms with Crippen molar-refractivity contribution in [3.8, 4) is 0 Å².